The van der Waals surface area contributed by atoms with Crippen LogP contribution >= 0.6 is 0 Å². The Bertz CT molecular complexity index is 565. The van der Waals surface area contributed by atoms with E-state index >= 15 is 0 Å². The third kappa shape index (κ3) is 3.85. The number of benzene rings is 2. The Morgan fingerprint density at radius 1 is 1.05 bits per heavy atom. The van der Waals surface area contributed by atoms with Gasteiger partial charge in [-0.1, -0.05) is 42.5 Å². The Labute approximate surface area is 127 Å². The van der Waals surface area contributed by atoms with E-state index in [0.29, 0.717) is 0 Å². The van der Waals surface area contributed by atoms with E-state index in [9.17, 15) is 0 Å². The fourth-order valence-electron chi connectivity index (χ4n) is 3.29. The van der Waals surface area contributed by atoms with Crippen molar-refractivity contribution in [3.8, 4) is 0 Å². The van der Waals surface area contributed by atoms with Gasteiger partial charge in [0.2, 0.25) is 0 Å². The minimum absolute atomic E-state index is 0.721. The Morgan fingerprint density at radius 2 is 1.90 bits per heavy atom. The first-order chi connectivity index (χ1) is 10.3. The number of anilines is 1. The summed E-state index contributed by atoms with van der Waals surface area (Å²) in [6.45, 7) is 3.63. The minimum atomic E-state index is 0.721. The van der Waals surface area contributed by atoms with Gasteiger partial charge >= 0.3 is 0 Å². The Morgan fingerprint density at radius 3 is 2.71 bits per heavy atom. The molecule has 0 spiro atoms. The third-order valence-corrected chi connectivity index (χ3v) is 4.43. The van der Waals surface area contributed by atoms with Crippen molar-refractivity contribution >= 4 is 5.69 Å². The molecule has 2 N–H and O–H groups in total. The minimum Gasteiger partial charge on any atom is -0.399 e. The second kappa shape index (κ2) is 6.77. The Kier molecular flexibility index (Phi) is 4.56. The first kappa shape index (κ1) is 14.2. The molecule has 1 unspecified atom stereocenters. The van der Waals surface area contributed by atoms with Gasteiger partial charge in [0.05, 0.1) is 0 Å². The maximum Gasteiger partial charge on any atom is 0.0316 e. The molecule has 1 aliphatic heterocycles. The number of hydrogen-bond donors (Lipinski definition) is 1. The van der Waals surface area contributed by atoms with Crippen molar-refractivity contribution in [3.63, 3.8) is 0 Å². The van der Waals surface area contributed by atoms with Crippen LogP contribution in [0.25, 0.3) is 0 Å². The molecular formula is C19H24N2. The lowest BCUT2D eigenvalue weighted by Crippen LogP contribution is -2.22. The van der Waals surface area contributed by atoms with E-state index in [1.807, 2.05) is 12.1 Å². The molecule has 3 rings (SSSR count). The van der Waals surface area contributed by atoms with Crippen LogP contribution in [0.3, 0.4) is 0 Å². The molecule has 1 fully saturated rings. The lowest BCUT2D eigenvalue weighted by molar-refractivity contribution is 0.329. The fourth-order valence-corrected chi connectivity index (χ4v) is 3.29. The van der Waals surface area contributed by atoms with Crippen molar-refractivity contribution < 1.29 is 0 Å². The summed E-state index contributed by atoms with van der Waals surface area (Å²) in [5.74, 6) is 0.721. The fraction of sp³-hybridized carbons (Fsp3) is 0.368. The van der Waals surface area contributed by atoms with Gasteiger partial charge in [0.1, 0.15) is 0 Å². The maximum atomic E-state index is 5.82. The lowest BCUT2D eigenvalue weighted by atomic mass is 9.99. The highest BCUT2D eigenvalue weighted by Crippen LogP contribution is 2.27. The van der Waals surface area contributed by atoms with Crippen LogP contribution in [-0.2, 0) is 6.42 Å². The van der Waals surface area contributed by atoms with Gasteiger partial charge in [-0.25, -0.2) is 0 Å². The maximum absolute atomic E-state index is 5.82. The van der Waals surface area contributed by atoms with E-state index in [1.54, 1.807) is 0 Å². The largest absolute Gasteiger partial charge is 0.399 e. The molecule has 2 aromatic carbocycles. The Hall–Kier alpha value is -1.80. The quantitative estimate of drug-likeness (QED) is 0.846. The molecule has 110 valence electrons. The number of nitrogens with zero attached hydrogens (tertiary/aromatic N) is 1. The van der Waals surface area contributed by atoms with Crippen molar-refractivity contribution in [1.29, 1.82) is 0 Å². The second-order valence-corrected chi connectivity index (χ2v) is 6.05. The van der Waals surface area contributed by atoms with Gasteiger partial charge in [-0.3, -0.25) is 0 Å². The number of likely N-dealkylation sites (tertiary alicyclic amines) is 1. The van der Waals surface area contributed by atoms with Crippen LogP contribution in [0.15, 0.2) is 54.6 Å². The first-order valence-corrected chi connectivity index (χ1v) is 7.93. The molecule has 0 radical (unpaired) electrons. The molecule has 2 aromatic rings. The standard InChI is InChI=1S/C19H24N2/c20-19-10-4-6-16(14-19)7-5-12-21-13-11-18(15-21)17-8-2-1-3-9-17/h1-4,6,8-10,14,18H,5,7,11-13,15,20H2. The smallest absolute Gasteiger partial charge is 0.0316 e. The SMILES string of the molecule is Nc1cccc(CCCN2CCC(c3ccccc3)C2)c1. The van der Waals surface area contributed by atoms with E-state index in [-0.39, 0.29) is 0 Å². The predicted molar refractivity (Wildman–Crippen MR) is 89.4 cm³/mol. The zero-order chi connectivity index (χ0) is 14.5. The molecule has 1 heterocycles. The molecule has 0 saturated carbocycles. The van der Waals surface area contributed by atoms with Crippen LogP contribution in [0.4, 0.5) is 5.69 Å². The van der Waals surface area contributed by atoms with Crippen molar-refractivity contribution in [2.45, 2.75) is 25.2 Å². The Balaban J connectivity index is 1.45. The predicted octanol–water partition coefficient (Wildman–Crippen LogP) is 3.69. The molecule has 2 nitrogen and oxygen atoms in total. The summed E-state index contributed by atoms with van der Waals surface area (Å²) in [5.41, 5.74) is 9.55. The highest BCUT2D eigenvalue weighted by Gasteiger charge is 2.22. The molecule has 0 bridgehead atoms. The van der Waals surface area contributed by atoms with Crippen molar-refractivity contribution in [3.05, 3.63) is 65.7 Å². The summed E-state index contributed by atoms with van der Waals surface area (Å²) in [7, 11) is 0. The van der Waals surface area contributed by atoms with Crippen LogP contribution in [0.5, 0.6) is 0 Å². The number of aryl methyl sites for hydroxylation is 1. The monoisotopic (exact) mass is 280 g/mol. The lowest BCUT2D eigenvalue weighted by Gasteiger charge is -2.16. The molecule has 1 atom stereocenters. The van der Waals surface area contributed by atoms with Gasteiger partial charge in [-0.2, -0.15) is 0 Å². The molecule has 21 heavy (non-hydrogen) atoms. The molecule has 0 amide bonds. The third-order valence-electron chi connectivity index (χ3n) is 4.43. The van der Waals surface area contributed by atoms with E-state index in [0.717, 1.165) is 18.0 Å². The van der Waals surface area contributed by atoms with E-state index in [2.05, 4.69) is 47.4 Å². The summed E-state index contributed by atoms with van der Waals surface area (Å²) < 4.78 is 0. The number of rotatable bonds is 5. The van der Waals surface area contributed by atoms with Crippen molar-refractivity contribution in [2.24, 2.45) is 0 Å². The molecular weight excluding hydrogens is 256 g/mol. The number of nitrogens with two attached hydrogens (primary N) is 1. The zero-order valence-electron chi connectivity index (χ0n) is 12.5. The average molecular weight is 280 g/mol. The molecule has 0 aliphatic carbocycles. The number of nitrogen functional groups attached to an aromatic ring is 1. The topological polar surface area (TPSA) is 29.3 Å². The molecule has 0 aromatic heterocycles. The summed E-state index contributed by atoms with van der Waals surface area (Å²) in [4.78, 5) is 2.60. The molecule has 1 aliphatic rings. The van der Waals surface area contributed by atoms with Gasteiger partial charge in [0.15, 0.2) is 0 Å². The van der Waals surface area contributed by atoms with Crippen molar-refractivity contribution in [1.82, 2.24) is 4.90 Å². The van der Waals surface area contributed by atoms with Gasteiger partial charge in [0, 0.05) is 12.2 Å². The van der Waals surface area contributed by atoms with Crippen LogP contribution < -0.4 is 5.73 Å². The van der Waals surface area contributed by atoms with Crippen LogP contribution in [-0.4, -0.2) is 24.5 Å². The number of hydrogen-bond acceptors (Lipinski definition) is 2. The van der Waals surface area contributed by atoms with E-state index in [1.165, 1.54) is 43.6 Å². The zero-order valence-corrected chi connectivity index (χ0v) is 12.5. The normalized spacial score (nSPS) is 19.0. The second-order valence-electron chi connectivity index (χ2n) is 6.05. The van der Waals surface area contributed by atoms with Gasteiger partial charge < -0.3 is 10.6 Å². The highest BCUT2D eigenvalue weighted by molar-refractivity contribution is 5.40. The van der Waals surface area contributed by atoms with Gasteiger partial charge in [-0.05, 0) is 61.5 Å². The van der Waals surface area contributed by atoms with Crippen LogP contribution in [0.2, 0.25) is 0 Å². The van der Waals surface area contributed by atoms with E-state index in [4.69, 9.17) is 5.73 Å². The van der Waals surface area contributed by atoms with Crippen LogP contribution in [0.1, 0.15) is 29.9 Å². The first-order valence-electron chi connectivity index (χ1n) is 7.93. The summed E-state index contributed by atoms with van der Waals surface area (Å²) in [6, 6.07) is 19.2. The highest BCUT2D eigenvalue weighted by atomic mass is 15.1. The summed E-state index contributed by atoms with van der Waals surface area (Å²) in [6.07, 6.45) is 3.63. The van der Waals surface area contributed by atoms with Gasteiger partial charge in [-0.15, -0.1) is 0 Å². The molecule has 2 heteroatoms. The van der Waals surface area contributed by atoms with Gasteiger partial charge in [0.25, 0.3) is 0 Å². The van der Waals surface area contributed by atoms with Crippen LogP contribution in [0, 0.1) is 0 Å². The van der Waals surface area contributed by atoms with E-state index < -0.39 is 0 Å². The summed E-state index contributed by atoms with van der Waals surface area (Å²) >= 11 is 0. The summed E-state index contributed by atoms with van der Waals surface area (Å²) in [5, 5.41) is 0. The molecule has 1 saturated heterocycles. The van der Waals surface area contributed by atoms with Crippen molar-refractivity contribution in [2.75, 3.05) is 25.4 Å². The average Bonchev–Trinajstić information content (AvgIpc) is 2.97.